The summed E-state index contributed by atoms with van der Waals surface area (Å²) in [5.74, 6) is 0.00163. The molecule has 0 saturated heterocycles. The summed E-state index contributed by atoms with van der Waals surface area (Å²) >= 11 is 0. The number of benzene rings is 2. The predicted molar refractivity (Wildman–Crippen MR) is 90.6 cm³/mol. The number of carbonyl (C=O) groups excluding carboxylic acids is 1. The molecule has 3 rings (SSSR count). The SMILES string of the molecule is Cc1ccc(C(=O)N(C)CC2CC(c3ccccc3)=NO2)cc1. The summed E-state index contributed by atoms with van der Waals surface area (Å²) in [6.45, 7) is 2.53. The second-order valence-corrected chi connectivity index (χ2v) is 5.89. The van der Waals surface area contributed by atoms with Gasteiger partial charge in [0.15, 0.2) is 6.10 Å². The Hall–Kier alpha value is -2.62. The van der Waals surface area contributed by atoms with Gasteiger partial charge in [-0.1, -0.05) is 53.2 Å². The normalized spacial score (nSPS) is 16.6. The summed E-state index contributed by atoms with van der Waals surface area (Å²) in [7, 11) is 1.80. The topological polar surface area (TPSA) is 41.9 Å². The maximum absolute atomic E-state index is 12.4. The molecule has 1 amide bonds. The second kappa shape index (κ2) is 6.65. The molecule has 0 radical (unpaired) electrons. The van der Waals surface area contributed by atoms with E-state index in [-0.39, 0.29) is 12.0 Å². The van der Waals surface area contributed by atoms with Gasteiger partial charge in [0.25, 0.3) is 5.91 Å². The lowest BCUT2D eigenvalue weighted by atomic mass is 10.0. The van der Waals surface area contributed by atoms with Gasteiger partial charge in [-0.15, -0.1) is 0 Å². The molecule has 0 aromatic heterocycles. The molecule has 2 aromatic rings. The van der Waals surface area contributed by atoms with Crippen molar-refractivity contribution in [3.8, 4) is 0 Å². The van der Waals surface area contributed by atoms with Gasteiger partial charge in [-0.2, -0.15) is 0 Å². The third kappa shape index (κ3) is 3.59. The third-order valence-electron chi connectivity index (χ3n) is 3.96. The van der Waals surface area contributed by atoms with Gasteiger partial charge >= 0.3 is 0 Å². The number of likely N-dealkylation sites (N-methyl/N-ethyl adjacent to an activating group) is 1. The molecule has 0 spiro atoms. The summed E-state index contributed by atoms with van der Waals surface area (Å²) < 4.78 is 0. The van der Waals surface area contributed by atoms with Crippen molar-refractivity contribution in [3.05, 3.63) is 71.3 Å². The minimum Gasteiger partial charge on any atom is -0.390 e. The summed E-state index contributed by atoms with van der Waals surface area (Å²) in [4.78, 5) is 19.6. The molecule has 0 saturated carbocycles. The van der Waals surface area contributed by atoms with E-state index in [1.165, 1.54) is 0 Å². The van der Waals surface area contributed by atoms with Gasteiger partial charge in [-0.05, 0) is 24.6 Å². The number of nitrogens with zero attached hydrogens (tertiary/aromatic N) is 2. The van der Waals surface area contributed by atoms with Crippen LogP contribution in [0, 0.1) is 6.92 Å². The number of amides is 1. The van der Waals surface area contributed by atoms with E-state index < -0.39 is 0 Å². The summed E-state index contributed by atoms with van der Waals surface area (Å²) in [5.41, 5.74) is 3.85. The van der Waals surface area contributed by atoms with Crippen LogP contribution in [0.3, 0.4) is 0 Å². The minimum absolute atomic E-state index is 0.00163. The van der Waals surface area contributed by atoms with Crippen molar-refractivity contribution in [2.45, 2.75) is 19.4 Å². The molecule has 0 N–H and O–H groups in total. The van der Waals surface area contributed by atoms with Gasteiger partial charge in [0, 0.05) is 19.0 Å². The quantitative estimate of drug-likeness (QED) is 0.870. The lowest BCUT2D eigenvalue weighted by molar-refractivity contribution is 0.0482. The van der Waals surface area contributed by atoms with Crippen molar-refractivity contribution in [1.82, 2.24) is 4.90 Å². The Labute approximate surface area is 136 Å². The van der Waals surface area contributed by atoms with Crippen LogP contribution in [0.4, 0.5) is 0 Å². The number of rotatable bonds is 4. The zero-order chi connectivity index (χ0) is 16.2. The molecular weight excluding hydrogens is 288 g/mol. The molecule has 2 aromatic carbocycles. The van der Waals surface area contributed by atoms with Crippen molar-refractivity contribution in [2.24, 2.45) is 5.16 Å². The number of hydrogen-bond donors (Lipinski definition) is 0. The van der Waals surface area contributed by atoms with Gasteiger partial charge < -0.3 is 9.74 Å². The maximum atomic E-state index is 12.4. The van der Waals surface area contributed by atoms with Crippen LogP contribution < -0.4 is 0 Å². The first-order valence-corrected chi connectivity index (χ1v) is 7.74. The van der Waals surface area contributed by atoms with E-state index in [0.29, 0.717) is 12.1 Å². The lowest BCUT2D eigenvalue weighted by Crippen LogP contribution is -2.34. The molecule has 4 nitrogen and oxygen atoms in total. The van der Waals surface area contributed by atoms with Gasteiger partial charge in [-0.3, -0.25) is 4.79 Å². The smallest absolute Gasteiger partial charge is 0.253 e. The Morgan fingerprint density at radius 1 is 1.17 bits per heavy atom. The van der Waals surface area contributed by atoms with Crippen molar-refractivity contribution in [1.29, 1.82) is 0 Å². The van der Waals surface area contributed by atoms with Crippen LogP contribution in [0.25, 0.3) is 0 Å². The zero-order valence-corrected chi connectivity index (χ0v) is 13.4. The molecule has 1 heterocycles. The van der Waals surface area contributed by atoms with Crippen molar-refractivity contribution in [3.63, 3.8) is 0 Å². The summed E-state index contributed by atoms with van der Waals surface area (Å²) in [5, 5.41) is 4.16. The Morgan fingerprint density at radius 2 is 1.87 bits per heavy atom. The first-order valence-electron chi connectivity index (χ1n) is 7.74. The van der Waals surface area contributed by atoms with Crippen LogP contribution in [0.15, 0.2) is 59.8 Å². The van der Waals surface area contributed by atoms with Crippen molar-refractivity contribution >= 4 is 11.6 Å². The highest BCUT2D eigenvalue weighted by Crippen LogP contribution is 2.18. The number of aryl methyl sites for hydroxylation is 1. The fraction of sp³-hybridized carbons (Fsp3) is 0.263. The average Bonchev–Trinajstić information content (AvgIpc) is 3.04. The Morgan fingerprint density at radius 3 is 2.57 bits per heavy atom. The van der Waals surface area contributed by atoms with Crippen molar-refractivity contribution < 1.29 is 9.63 Å². The van der Waals surface area contributed by atoms with E-state index in [1.54, 1.807) is 11.9 Å². The first-order chi connectivity index (χ1) is 11.1. The molecule has 1 aliphatic heterocycles. The molecule has 118 valence electrons. The number of hydrogen-bond acceptors (Lipinski definition) is 3. The third-order valence-corrected chi connectivity index (χ3v) is 3.96. The van der Waals surface area contributed by atoms with Crippen molar-refractivity contribution in [2.75, 3.05) is 13.6 Å². The summed E-state index contributed by atoms with van der Waals surface area (Å²) in [6.07, 6.45) is 0.625. The standard InChI is InChI=1S/C19H20N2O2/c1-14-8-10-16(11-9-14)19(22)21(2)13-17-12-18(20-23-17)15-6-4-3-5-7-15/h3-11,17H,12-13H2,1-2H3. The molecule has 1 atom stereocenters. The van der Waals surface area contributed by atoms with Crippen LogP contribution in [0.5, 0.6) is 0 Å². The van der Waals surface area contributed by atoms with Crippen LogP contribution in [0.2, 0.25) is 0 Å². The Kier molecular flexibility index (Phi) is 4.42. The average molecular weight is 308 g/mol. The van der Waals surface area contributed by atoms with E-state index >= 15 is 0 Å². The fourth-order valence-electron chi connectivity index (χ4n) is 2.63. The fourth-order valence-corrected chi connectivity index (χ4v) is 2.63. The van der Waals surface area contributed by atoms with E-state index in [2.05, 4.69) is 5.16 Å². The molecule has 23 heavy (non-hydrogen) atoms. The van der Waals surface area contributed by atoms with Gasteiger partial charge in [0.2, 0.25) is 0 Å². The molecule has 0 bridgehead atoms. The van der Waals surface area contributed by atoms with Crippen LogP contribution in [-0.4, -0.2) is 36.2 Å². The van der Waals surface area contributed by atoms with Crippen LogP contribution in [0.1, 0.15) is 27.9 Å². The minimum atomic E-state index is -0.0930. The highest BCUT2D eigenvalue weighted by Gasteiger charge is 2.25. The maximum Gasteiger partial charge on any atom is 0.253 e. The first kappa shape index (κ1) is 15.3. The van der Waals surface area contributed by atoms with E-state index in [4.69, 9.17) is 4.84 Å². The highest BCUT2D eigenvalue weighted by atomic mass is 16.6. The monoisotopic (exact) mass is 308 g/mol. The van der Waals surface area contributed by atoms with E-state index in [1.807, 2.05) is 61.5 Å². The van der Waals surface area contributed by atoms with Crippen LogP contribution in [-0.2, 0) is 4.84 Å². The second-order valence-electron chi connectivity index (χ2n) is 5.89. The molecule has 0 aliphatic carbocycles. The summed E-state index contributed by atoms with van der Waals surface area (Å²) in [6, 6.07) is 17.6. The van der Waals surface area contributed by atoms with E-state index in [0.717, 1.165) is 23.3 Å². The predicted octanol–water partition coefficient (Wildman–Crippen LogP) is 3.26. The Bertz CT molecular complexity index is 708. The highest BCUT2D eigenvalue weighted by molar-refractivity contribution is 6.01. The van der Waals surface area contributed by atoms with E-state index in [9.17, 15) is 4.79 Å². The molecular formula is C19H20N2O2. The largest absolute Gasteiger partial charge is 0.390 e. The van der Waals surface area contributed by atoms with Gasteiger partial charge in [-0.25, -0.2) is 0 Å². The number of carbonyl (C=O) groups is 1. The number of oxime groups is 1. The Balaban J connectivity index is 1.58. The molecule has 1 unspecified atom stereocenters. The zero-order valence-electron chi connectivity index (χ0n) is 13.4. The lowest BCUT2D eigenvalue weighted by Gasteiger charge is -2.20. The van der Waals surface area contributed by atoms with Gasteiger partial charge in [0.1, 0.15) is 0 Å². The molecule has 4 heteroatoms. The molecule has 0 fully saturated rings. The van der Waals surface area contributed by atoms with Crippen LogP contribution >= 0.6 is 0 Å². The molecule has 1 aliphatic rings. The van der Waals surface area contributed by atoms with Gasteiger partial charge in [0.05, 0.1) is 12.3 Å².